The van der Waals surface area contributed by atoms with Crippen molar-refractivity contribution in [2.75, 3.05) is 0 Å². The molecule has 51 valence electrons. The molecule has 0 N–H and O–H groups in total. The van der Waals surface area contributed by atoms with Gasteiger partial charge in [-0.2, -0.15) is 4.40 Å². The van der Waals surface area contributed by atoms with Gasteiger partial charge in [-0.1, -0.05) is 5.16 Å². The highest BCUT2D eigenvalue weighted by Gasteiger charge is 2.15. The smallest absolute Gasteiger partial charge is 0.279 e. The summed E-state index contributed by atoms with van der Waals surface area (Å²) < 4.78 is 8.37. The van der Waals surface area contributed by atoms with Gasteiger partial charge in [0.15, 0.2) is 5.69 Å². The summed E-state index contributed by atoms with van der Waals surface area (Å²) in [4.78, 5) is 8.16. The molecule has 0 saturated carbocycles. The van der Waals surface area contributed by atoms with Gasteiger partial charge >= 0.3 is 0 Å². The molecule has 0 spiro atoms. The van der Waals surface area contributed by atoms with Crippen molar-refractivity contribution in [2.45, 2.75) is 0 Å². The predicted octanol–water partition coefficient (Wildman–Crippen LogP) is 0.534. The van der Waals surface area contributed by atoms with Gasteiger partial charge in [-0.05, 0) is 0 Å². The lowest BCUT2D eigenvalue weighted by atomic mass is 10.4. The van der Waals surface area contributed by atoms with Gasteiger partial charge in [0.05, 0.1) is 4.89 Å². The first-order chi connectivity index (χ1) is 4.97. The number of rotatable bonds is 1. The minimum absolute atomic E-state index is 0.388. The van der Waals surface area contributed by atoms with E-state index in [1.54, 1.807) is 6.07 Å². The van der Waals surface area contributed by atoms with Crippen LogP contribution in [0.4, 0.5) is 0 Å². The van der Waals surface area contributed by atoms with Crippen LogP contribution in [-0.2, 0) is 4.84 Å². The molecule has 5 nitrogen and oxygen atoms in total. The van der Waals surface area contributed by atoms with Gasteiger partial charge in [0.25, 0.3) is 5.90 Å². The summed E-state index contributed by atoms with van der Waals surface area (Å²) in [5.74, 6) is 0.388. The Bertz CT molecular complexity index is 245. The lowest BCUT2D eigenvalue weighted by Gasteiger charge is -1.87. The maximum atomic E-state index is 4.71. The Kier molecular flexibility index (Phi) is 1.33. The molecule has 0 atom stereocenters. The van der Waals surface area contributed by atoms with Crippen LogP contribution < -0.4 is 4.89 Å². The Morgan fingerprint density at radius 3 is 3.10 bits per heavy atom. The second kappa shape index (κ2) is 2.31. The number of aromatic nitrogens is 1. The molecular weight excluding hydrogens is 154 g/mol. The molecule has 0 bridgehead atoms. The molecule has 1 radical (unpaired) electrons. The molecule has 0 aliphatic carbocycles. The lowest BCUT2D eigenvalue weighted by molar-refractivity contribution is 0.270. The first-order valence-corrected chi connectivity index (χ1v) is 3.22. The van der Waals surface area contributed by atoms with Crippen LogP contribution in [0.15, 0.2) is 21.3 Å². The molecule has 0 unspecified atom stereocenters. The minimum Gasteiger partial charge on any atom is -0.364 e. The maximum Gasteiger partial charge on any atom is 0.279 e. The molecule has 2 rings (SSSR count). The van der Waals surface area contributed by atoms with E-state index in [2.05, 4.69) is 19.0 Å². The maximum absolute atomic E-state index is 4.71. The Labute approximate surface area is 60.7 Å². The van der Waals surface area contributed by atoms with Crippen molar-refractivity contribution >= 4 is 18.0 Å². The second-order valence-electron chi connectivity index (χ2n) is 1.53. The van der Waals surface area contributed by atoms with Crippen LogP contribution in [0.5, 0.6) is 0 Å². The molecule has 0 saturated heterocycles. The van der Waals surface area contributed by atoms with Crippen molar-refractivity contribution in [3.63, 3.8) is 0 Å². The molecule has 0 aromatic carbocycles. The number of nitrogens with zero attached hydrogens (tertiary/aromatic N) is 3. The molecular formula is C4H2N3O2S. The molecule has 0 fully saturated rings. The van der Waals surface area contributed by atoms with Crippen molar-refractivity contribution in [2.24, 2.45) is 4.40 Å². The average Bonchev–Trinajstić information content (AvgIpc) is 2.59. The van der Waals surface area contributed by atoms with Gasteiger partial charge in [-0.3, -0.25) is 0 Å². The summed E-state index contributed by atoms with van der Waals surface area (Å²) in [7, 11) is 0. The monoisotopic (exact) mass is 156 g/mol. The number of hydrogen-bond acceptors (Lipinski definition) is 5. The van der Waals surface area contributed by atoms with Crippen LogP contribution in [0, 0.1) is 0 Å². The highest BCUT2D eigenvalue weighted by Crippen LogP contribution is 2.12. The highest BCUT2D eigenvalue weighted by atomic mass is 32.2. The molecule has 1 aliphatic heterocycles. The predicted molar refractivity (Wildman–Crippen MR) is 33.9 cm³/mol. The summed E-state index contributed by atoms with van der Waals surface area (Å²) in [6.45, 7) is 0. The Hall–Kier alpha value is -1.01. The summed E-state index contributed by atoms with van der Waals surface area (Å²) in [6.07, 6.45) is 1.45. The largest absolute Gasteiger partial charge is 0.364 e. The zero-order chi connectivity index (χ0) is 6.81. The molecule has 0 amide bonds. The van der Waals surface area contributed by atoms with Crippen LogP contribution in [0.25, 0.3) is 0 Å². The zero-order valence-corrected chi connectivity index (χ0v) is 5.54. The first kappa shape index (κ1) is 5.75. The molecule has 6 heteroatoms. The molecule has 1 aromatic rings. The third-order valence-corrected chi connectivity index (χ3v) is 1.33. The van der Waals surface area contributed by atoms with Crippen molar-refractivity contribution in [3.05, 3.63) is 18.0 Å². The topological polar surface area (TPSA) is 61.7 Å². The summed E-state index contributed by atoms with van der Waals surface area (Å²) in [5, 5.41) is 3.59. The second-order valence-corrected chi connectivity index (χ2v) is 2.02. The van der Waals surface area contributed by atoms with Crippen LogP contribution in [0.3, 0.4) is 0 Å². The molecule has 10 heavy (non-hydrogen) atoms. The average molecular weight is 156 g/mol. The van der Waals surface area contributed by atoms with Gasteiger partial charge in [-0.25, -0.2) is 0 Å². The van der Waals surface area contributed by atoms with E-state index in [9.17, 15) is 0 Å². The van der Waals surface area contributed by atoms with E-state index in [0.29, 0.717) is 11.6 Å². The van der Waals surface area contributed by atoms with Crippen LogP contribution in [0.2, 0.25) is 0 Å². The van der Waals surface area contributed by atoms with Gasteiger partial charge in [0, 0.05) is 6.07 Å². The molecule has 1 aliphatic rings. The van der Waals surface area contributed by atoms with Crippen LogP contribution in [0.1, 0.15) is 5.69 Å². The summed E-state index contributed by atoms with van der Waals surface area (Å²) >= 11 is 0.989. The third-order valence-electron chi connectivity index (χ3n) is 0.938. The Morgan fingerprint density at radius 2 is 2.50 bits per heavy atom. The summed E-state index contributed by atoms with van der Waals surface area (Å²) in [6, 6.07) is 1.65. The quantitative estimate of drug-likeness (QED) is 0.556. The summed E-state index contributed by atoms with van der Waals surface area (Å²) in [5.41, 5.74) is 0.564. The molecule has 2 heterocycles. The third kappa shape index (κ3) is 0.869. The zero-order valence-electron chi connectivity index (χ0n) is 4.72. The fraction of sp³-hybridized carbons (Fsp3) is 0. The van der Waals surface area contributed by atoms with Crippen LogP contribution in [-0.4, -0.2) is 11.1 Å². The van der Waals surface area contributed by atoms with Gasteiger partial charge in [0.1, 0.15) is 18.4 Å². The van der Waals surface area contributed by atoms with E-state index in [1.807, 2.05) is 0 Å². The SMILES string of the molecule is c1cc(C2=NS[N]O2)no1. The lowest BCUT2D eigenvalue weighted by Crippen LogP contribution is -2.02. The van der Waals surface area contributed by atoms with E-state index in [1.165, 1.54) is 6.26 Å². The fourth-order valence-corrected chi connectivity index (χ4v) is 0.877. The minimum atomic E-state index is 0.388. The van der Waals surface area contributed by atoms with Crippen molar-refractivity contribution in [1.29, 1.82) is 0 Å². The van der Waals surface area contributed by atoms with E-state index in [0.717, 1.165) is 12.1 Å². The van der Waals surface area contributed by atoms with Crippen LogP contribution >= 0.6 is 12.1 Å². The molecule has 1 aromatic heterocycles. The van der Waals surface area contributed by atoms with Gasteiger partial charge in [-0.15, -0.1) is 0 Å². The van der Waals surface area contributed by atoms with Gasteiger partial charge < -0.3 is 9.36 Å². The Balaban J connectivity index is 2.28. The number of hydrogen-bond donors (Lipinski definition) is 0. The highest BCUT2D eigenvalue weighted by molar-refractivity contribution is 7.96. The standard InChI is InChI=1S/C4H2N3O2S/c1-2-8-5-3(1)4-6-10-7-9-4/h1-2H. The van der Waals surface area contributed by atoms with E-state index < -0.39 is 0 Å². The van der Waals surface area contributed by atoms with Crippen molar-refractivity contribution in [1.82, 2.24) is 10.0 Å². The van der Waals surface area contributed by atoms with Crippen molar-refractivity contribution in [3.8, 4) is 0 Å². The van der Waals surface area contributed by atoms with E-state index in [4.69, 9.17) is 4.84 Å². The van der Waals surface area contributed by atoms with Crippen molar-refractivity contribution < 1.29 is 9.36 Å². The normalized spacial score (nSPS) is 16.6. The van der Waals surface area contributed by atoms with E-state index >= 15 is 0 Å². The van der Waals surface area contributed by atoms with E-state index in [-0.39, 0.29) is 0 Å². The van der Waals surface area contributed by atoms with Gasteiger partial charge in [0.2, 0.25) is 0 Å². The Morgan fingerprint density at radius 1 is 1.50 bits per heavy atom. The first-order valence-electron chi connectivity index (χ1n) is 2.49. The fourth-order valence-electron chi connectivity index (χ4n) is 0.539.